The second-order valence-corrected chi connectivity index (χ2v) is 4.96. The second-order valence-electron chi connectivity index (χ2n) is 4.10. The molecule has 0 saturated heterocycles. The highest BCUT2D eigenvalue weighted by molar-refractivity contribution is 9.10. The highest BCUT2D eigenvalue weighted by Crippen LogP contribution is 2.36. The van der Waals surface area contributed by atoms with E-state index in [0.29, 0.717) is 10.2 Å². The monoisotopic (exact) mass is 359 g/mol. The number of ether oxygens (including phenoxy) is 1. The van der Waals surface area contributed by atoms with Crippen molar-refractivity contribution in [1.82, 2.24) is 0 Å². The van der Waals surface area contributed by atoms with Crippen LogP contribution < -0.4 is 10.5 Å². The first-order chi connectivity index (χ1) is 9.79. The largest absolute Gasteiger partial charge is 0.456 e. The van der Waals surface area contributed by atoms with Gasteiger partial charge in [-0.05, 0) is 46.3 Å². The molecule has 0 radical (unpaired) electrons. The van der Waals surface area contributed by atoms with Crippen LogP contribution >= 0.6 is 15.9 Å². The van der Waals surface area contributed by atoms with Crippen molar-refractivity contribution in [2.75, 3.05) is 0 Å². The first kappa shape index (κ1) is 15.4. The molecule has 0 atom stereocenters. The molecule has 0 spiro atoms. The number of para-hydroxylation sites is 1. The number of amides is 1. The van der Waals surface area contributed by atoms with E-state index in [4.69, 9.17) is 10.5 Å². The van der Waals surface area contributed by atoms with E-state index in [1.165, 1.54) is 6.07 Å². The minimum atomic E-state index is -4.70. The fourth-order valence-corrected chi connectivity index (χ4v) is 2.06. The maximum atomic E-state index is 12.9. The Kier molecular flexibility index (Phi) is 4.22. The van der Waals surface area contributed by atoms with Gasteiger partial charge in [0.2, 0.25) is 5.91 Å². The number of alkyl halides is 3. The number of nitrogens with two attached hydrogens (primary N) is 1. The summed E-state index contributed by atoms with van der Waals surface area (Å²) in [5.41, 5.74) is 3.23. The number of hydrogen-bond acceptors (Lipinski definition) is 2. The van der Waals surface area contributed by atoms with E-state index in [1.807, 2.05) is 0 Å². The van der Waals surface area contributed by atoms with Gasteiger partial charge in [-0.2, -0.15) is 13.2 Å². The Hall–Kier alpha value is -2.02. The molecule has 0 saturated carbocycles. The van der Waals surface area contributed by atoms with Gasteiger partial charge < -0.3 is 10.5 Å². The van der Waals surface area contributed by atoms with Gasteiger partial charge in [0, 0.05) is 0 Å². The zero-order chi connectivity index (χ0) is 15.6. The van der Waals surface area contributed by atoms with Crippen molar-refractivity contribution in [3.8, 4) is 11.5 Å². The Bertz CT molecular complexity index is 686. The van der Waals surface area contributed by atoms with Crippen LogP contribution in [0, 0.1) is 0 Å². The van der Waals surface area contributed by atoms with Gasteiger partial charge in [0.25, 0.3) is 0 Å². The lowest BCUT2D eigenvalue weighted by Gasteiger charge is -2.13. The van der Waals surface area contributed by atoms with Crippen molar-refractivity contribution in [2.45, 2.75) is 6.18 Å². The number of halogens is 4. The molecule has 0 aliphatic rings. The summed E-state index contributed by atoms with van der Waals surface area (Å²) in [6, 6.07) is 9.72. The van der Waals surface area contributed by atoms with Gasteiger partial charge in [-0.25, -0.2) is 0 Å². The minimum Gasteiger partial charge on any atom is -0.456 e. The standard InChI is InChI=1S/C14H9BrF3NO2/c15-11-3-1-2-4-12(11)21-8-5-6-9(13(19)20)10(7-8)14(16,17)18/h1-7H,(H2,19,20). The molecule has 2 aromatic rings. The third-order valence-corrected chi connectivity index (χ3v) is 3.28. The predicted octanol–water partition coefficient (Wildman–Crippen LogP) is 4.36. The van der Waals surface area contributed by atoms with Crippen LogP contribution in [-0.2, 0) is 6.18 Å². The SMILES string of the molecule is NC(=O)c1ccc(Oc2ccccc2Br)cc1C(F)(F)F. The lowest BCUT2D eigenvalue weighted by atomic mass is 10.1. The van der Waals surface area contributed by atoms with Crippen LogP contribution in [0.25, 0.3) is 0 Å². The van der Waals surface area contributed by atoms with Gasteiger partial charge in [-0.1, -0.05) is 12.1 Å². The minimum absolute atomic E-state index is 0.0424. The van der Waals surface area contributed by atoms with Crippen molar-refractivity contribution < 1.29 is 22.7 Å². The number of primary amides is 1. The summed E-state index contributed by atoms with van der Waals surface area (Å²) in [6.45, 7) is 0. The van der Waals surface area contributed by atoms with E-state index in [0.717, 1.165) is 12.1 Å². The van der Waals surface area contributed by atoms with Crippen LogP contribution in [0.5, 0.6) is 11.5 Å². The number of carbonyl (C=O) groups excluding carboxylic acids is 1. The summed E-state index contributed by atoms with van der Waals surface area (Å²) >= 11 is 3.23. The maximum Gasteiger partial charge on any atom is 0.417 e. The summed E-state index contributed by atoms with van der Waals surface area (Å²) in [4.78, 5) is 11.1. The smallest absolute Gasteiger partial charge is 0.417 e. The van der Waals surface area contributed by atoms with Gasteiger partial charge in [0.15, 0.2) is 0 Å². The third-order valence-electron chi connectivity index (χ3n) is 2.63. The van der Waals surface area contributed by atoms with Gasteiger partial charge in [0.05, 0.1) is 15.6 Å². The number of carbonyl (C=O) groups is 1. The van der Waals surface area contributed by atoms with Crippen molar-refractivity contribution in [1.29, 1.82) is 0 Å². The molecule has 2 N–H and O–H groups in total. The van der Waals surface area contributed by atoms with Crippen LogP contribution in [0.15, 0.2) is 46.9 Å². The third kappa shape index (κ3) is 3.55. The molecule has 0 bridgehead atoms. The van der Waals surface area contributed by atoms with Gasteiger partial charge in [-0.15, -0.1) is 0 Å². The molecular formula is C14H9BrF3NO2. The van der Waals surface area contributed by atoms with Crippen LogP contribution in [0.3, 0.4) is 0 Å². The number of hydrogen-bond donors (Lipinski definition) is 1. The predicted molar refractivity (Wildman–Crippen MR) is 74.2 cm³/mol. The van der Waals surface area contributed by atoms with Crippen LogP contribution in [-0.4, -0.2) is 5.91 Å². The molecule has 0 aliphatic carbocycles. The van der Waals surface area contributed by atoms with E-state index in [2.05, 4.69) is 15.9 Å². The van der Waals surface area contributed by atoms with Crippen molar-refractivity contribution in [3.05, 3.63) is 58.1 Å². The van der Waals surface area contributed by atoms with Crippen LogP contribution in [0.1, 0.15) is 15.9 Å². The molecular weight excluding hydrogens is 351 g/mol. The molecule has 3 nitrogen and oxygen atoms in total. The molecule has 2 aromatic carbocycles. The molecule has 0 aliphatic heterocycles. The number of benzene rings is 2. The first-order valence-corrected chi connectivity index (χ1v) is 6.52. The van der Waals surface area contributed by atoms with Gasteiger partial charge >= 0.3 is 6.18 Å². The Balaban J connectivity index is 2.43. The van der Waals surface area contributed by atoms with Gasteiger partial charge in [0.1, 0.15) is 11.5 Å². The second kappa shape index (κ2) is 5.77. The average molecular weight is 360 g/mol. The van der Waals surface area contributed by atoms with E-state index < -0.39 is 23.2 Å². The highest BCUT2D eigenvalue weighted by Gasteiger charge is 2.35. The first-order valence-electron chi connectivity index (χ1n) is 5.72. The summed E-state index contributed by atoms with van der Waals surface area (Å²) in [6.07, 6.45) is -4.70. The topological polar surface area (TPSA) is 52.3 Å². The molecule has 0 unspecified atom stereocenters. The van der Waals surface area contributed by atoms with Crippen LogP contribution in [0.2, 0.25) is 0 Å². The lowest BCUT2D eigenvalue weighted by Crippen LogP contribution is -2.18. The lowest BCUT2D eigenvalue weighted by molar-refractivity contribution is -0.138. The van der Waals surface area contributed by atoms with Crippen molar-refractivity contribution in [3.63, 3.8) is 0 Å². The zero-order valence-corrected chi connectivity index (χ0v) is 12.0. The summed E-state index contributed by atoms with van der Waals surface area (Å²) in [5, 5.41) is 0. The van der Waals surface area contributed by atoms with E-state index >= 15 is 0 Å². The normalized spacial score (nSPS) is 11.2. The fraction of sp³-hybridized carbons (Fsp3) is 0.0714. The van der Waals surface area contributed by atoms with E-state index in [9.17, 15) is 18.0 Å². The van der Waals surface area contributed by atoms with Gasteiger partial charge in [-0.3, -0.25) is 4.79 Å². The maximum absolute atomic E-state index is 12.9. The van der Waals surface area contributed by atoms with Crippen LogP contribution in [0.4, 0.5) is 13.2 Å². The summed E-state index contributed by atoms with van der Waals surface area (Å²) < 4.78 is 44.8. The quantitative estimate of drug-likeness (QED) is 0.884. The van der Waals surface area contributed by atoms with E-state index in [1.54, 1.807) is 24.3 Å². The molecule has 0 fully saturated rings. The molecule has 0 aromatic heterocycles. The summed E-state index contributed by atoms with van der Waals surface area (Å²) in [5.74, 6) is -0.827. The molecule has 0 heterocycles. The highest BCUT2D eigenvalue weighted by atomic mass is 79.9. The Morgan fingerprint density at radius 3 is 2.38 bits per heavy atom. The molecule has 7 heteroatoms. The Morgan fingerprint density at radius 1 is 1.14 bits per heavy atom. The molecule has 2 rings (SSSR count). The Morgan fingerprint density at radius 2 is 1.81 bits per heavy atom. The average Bonchev–Trinajstić information content (AvgIpc) is 2.40. The summed E-state index contributed by atoms with van der Waals surface area (Å²) in [7, 11) is 0. The van der Waals surface area contributed by atoms with E-state index in [-0.39, 0.29) is 5.75 Å². The fourth-order valence-electron chi connectivity index (χ4n) is 1.69. The Labute approximate surface area is 126 Å². The zero-order valence-electron chi connectivity index (χ0n) is 10.4. The molecule has 110 valence electrons. The number of rotatable bonds is 3. The molecule has 21 heavy (non-hydrogen) atoms. The molecule has 1 amide bonds. The van der Waals surface area contributed by atoms with Crippen molar-refractivity contribution >= 4 is 21.8 Å². The van der Waals surface area contributed by atoms with Crippen molar-refractivity contribution in [2.24, 2.45) is 5.73 Å².